The number of aromatic nitrogens is 4. The Morgan fingerprint density at radius 2 is 2.21 bits per heavy atom. The fourth-order valence-corrected chi connectivity index (χ4v) is 4.00. The second kappa shape index (κ2) is 6.18. The number of nitrogens with one attached hydrogen (secondary N) is 1. The largest absolute Gasteiger partial charge is 0.464 e. The molecule has 0 amide bonds. The van der Waals surface area contributed by atoms with Crippen molar-refractivity contribution < 1.29 is 4.74 Å². The van der Waals surface area contributed by atoms with Crippen LogP contribution in [-0.2, 0) is 6.54 Å². The van der Waals surface area contributed by atoms with Crippen molar-refractivity contribution in [3.63, 3.8) is 0 Å². The highest BCUT2D eigenvalue weighted by atomic mass is 16.5. The van der Waals surface area contributed by atoms with Gasteiger partial charge in [0.2, 0.25) is 0 Å². The molecule has 2 saturated heterocycles. The molecule has 0 aromatic carbocycles. The normalized spacial score (nSPS) is 24.2. The van der Waals surface area contributed by atoms with Gasteiger partial charge in [-0.2, -0.15) is 4.98 Å². The number of aromatic amines is 1. The topological polar surface area (TPSA) is 79.3 Å². The van der Waals surface area contributed by atoms with Gasteiger partial charge in [-0.15, -0.1) is 0 Å². The molecule has 2 aliphatic heterocycles. The van der Waals surface area contributed by atoms with Gasteiger partial charge in [-0.3, -0.25) is 14.5 Å². The number of nitrogens with zero attached hydrogens (tertiary/aromatic N) is 5. The molecule has 130 valence electrons. The molecule has 2 aromatic rings. The lowest BCUT2D eigenvalue weighted by Gasteiger charge is -2.31. The van der Waals surface area contributed by atoms with E-state index in [-0.39, 0.29) is 5.69 Å². The van der Waals surface area contributed by atoms with Gasteiger partial charge < -0.3 is 9.64 Å². The summed E-state index contributed by atoms with van der Waals surface area (Å²) in [7, 11) is 2.21. The number of rotatable bonds is 6. The number of imidazole rings is 1. The van der Waals surface area contributed by atoms with Gasteiger partial charge in [0.25, 0.3) is 0 Å². The Hall–Kier alpha value is -1.93. The maximum atomic E-state index is 12.2. The number of H-pyrrole nitrogens is 1. The standard InChI is InChI=1S/C16H24N6O2/c1-3-24-15-17-8-13-14(18-15)19-16(23)22(13)6-4-5-21-10-11-7-12(21)9-20(11)2/h8,11-12H,3-7,9-10H2,1-2H3,(H,17,18,19,23). The van der Waals surface area contributed by atoms with Crippen LogP contribution in [0.25, 0.3) is 11.2 Å². The van der Waals surface area contributed by atoms with Gasteiger partial charge in [-0.05, 0) is 26.8 Å². The summed E-state index contributed by atoms with van der Waals surface area (Å²) in [6, 6.07) is 1.71. The minimum atomic E-state index is -0.129. The SMILES string of the molecule is CCOc1ncc2c(n1)[nH]c(=O)n2CCCN1CC2CC1CN2C. The van der Waals surface area contributed by atoms with Gasteiger partial charge in [0.05, 0.1) is 12.8 Å². The fourth-order valence-electron chi connectivity index (χ4n) is 4.00. The van der Waals surface area contributed by atoms with Crippen molar-refractivity contribution in [2.24, 2.45) is 0 Å². The lowest BCUT2D eigenvalue weighted by atomic mass is 10.2. The number of aryl methyl sites for hydroxylation is 1. The van der Waals surface area contributed by atoms with Crippen molar-refractivity contribution in [2.75, 3.05) is 33.3 Å². The van der Waals surface area contributed by atoms with E-state index >= 15 is 0 Å². The highest BCUT2D eigenvalue weighted by Gasteiger charge is 2.40. The fraction of sp³-hybridized carbons (Fsp3) is 0.688. The van der Waals surface area contributed by atoms with Crippen molar-refractivity contribution in [3.05, 3.63) is 16.7 Å². The number of ether oxygens (including phenoxy) is 1. The summed E-state index contributed by atoms with van der Waals surface area (Å²) in [6.45, 7) is 6.43. The molecular formula is C16H24N6O2. The van der Waals surface area contributed by atoms with E-state index in [0.29, 0.717) is 30.9 Å². The molecule has 1 N–H and O–H groups in total. The third kappa shape index (κ3) is 2.69. The van der Waals surface area contributed by atoms with E-state index in [1.54, 1.807) is 10.8 Å². The number of fused-ring (bicyclic) bond motifs is 3. The maximum Gasteiger partial charge on any atom is 0.327 e. The number of likely N-dealkylation sites (tertiary alicyclic amines) is 2. The number of hydrogen-bond acceptors (Lipinski definition) is 6. The van der Waals surface area contributed by atoms with Gasteiger partial charge in [0.15, 0.2) is 5.65 Å². The number of likely N-dealkylation sites (N-methyl/N-ethyl adjacent to an activating group) is 1. The van der Waals surface area contributed by atoms with E-state index in [9.17, 15) is 4.79 Å². The molecule has 4 heterocycles. The molecule has 24 heavy (non-hydrogen) atoms. The van der Waals surface area contributed by atoms with Crippen LogP contribution in [0.15, 0.2) is 11.0 Å². The predicted molar refractivity (Wildman–Crippen MR) is 90.3 cm³/mol. The summed E-state index contributed by atoms with van der Waals surface area (Å²) in [5.74, 6) is 0. The summed E-state index contributed by atoms with van der Waals surface area (Å²) >= 11 is 0. The van der Waals surface area contributed by atoms with Gasteiger partial charge in [-0.1, -0.05) is 0 Å². The Bertz CT molecular complexity index is 782. The Morgan fingerprint density at radius 1 is 1.33 bits per heavy atom. The van der Waals surface area contributed by atoms with Gasteiger partial charge in [0.1, 0.15) is 5.52 Å². The Balaban J connectivity index is 1.41. The highest BCUT2D eigenvalue weighted by Crippen LogP contribution is 2.29. The maximum absolute atomic E-state index is 12.2. The zero-order valence-electron chi connectivity index (χ0n) is 14.2. The first-order chi connectivity index (χ1) is 11.7. The van der Waals surface area contributed by atoms with Crippen molar-refractivity contribution >= 4 is 11.2 Å². The molecule has 4 rings (SSSR count). The highest BCUT2D eigenvalue weighted by molar-refractivity contribution is 5.69. The molecule has 2 atom stereocenters. The summed E-state index contributed by atoms with van der Waals surface area (Å²) in [4.78, 5) is 28.4. The second-order valence-corrected chi connectivity index (χ2v) is 6.73. The molecule has 0 saturated carbocycles. The van der Waals surface area contributed by atoms with Crippen LogP contribution in [0.5, 0.6) is 6.01 Å². The van der Waals surface area contributed by atoms with Crippen LogP contribution in [0.4, 0.5) is 0 Å². The van der Waals surface area contributed by atoms with Gasteiger partial charge in [0, 0.05) is 38.3 Å². The van der Waals surface area contributed by atoms with Crippen LogP contribution >= 0.6 is 0 Å². The smallest absolute Gasteiger partial charge is 0.327 e. The van der Waals surface area contributed by atoms with E-state index in [1.165, 1.54) is 13.0 Å². The van der Waals surface area contributed by atoms with Crippen molar-refractivity contribution in [2.45, 2.75) is 38.4 Å². The molecule has 2 aromatic heterocycles. The Morgan fingerprint density at radius 3 is 2.92 bits per heavy atom. The average Bonchev–Trinajstić information content (AvgIpc) is 3.20. The third-order valence-corrected chi connectivity index (χ3v) is 5.24. The quantitative estimate of drug-likeness (QED) is 0.819. The molecule has 0 aliphatic carbocycles. The molecule has 2 fully saturated rings. The summed E-state index contributed by atoms with van der Waals surface area (Å²) in [6.07, 6.45) is 3.91. The van der Waals surface area contributed by atoms with Crippen LogP contribution in [-0.4, -0.2) is 74.7 Å². The van der Waals surface area contributed by atoms with Crippen LogP contribution in [0.2, 0.25) is 0 Å². The van der Waals surface area contributed by atoms with Crippen molar-refractivity contribution in [3.8, 4) is 6.01 Å². The molecule has 8 heteroatoms. The van der Waals surface area contributed by atoms with Crippen molar-refractivity contribution in [1.82, 2.24) is 29.3 Å². The van der Waals surface area contributed by atoms with E-state index in [1.807, 2.05) is 6.92 Å². The third-order valence-electron chi connectivity index (χ3n) is 5.24. The summed E-state index contributed by atoms with van der Waals surface area (Å²) < 4.78 is 7.01. The van der Waals surface area contributed by atoms with E-state index < -0.39 is 0 Å². The Labute approximate surface area is 140 Å². The summed E-state index contributed by atoms with van der Waals surface area (Å²) in [5.41, 5.74) is 1.15. The molecule has 0 spiro atoms. The number of piperazine rings is 1. The molecule has 2 bridgehead atoms. The number of hydrogen-bond donors (Lipinski definition) is 1. The lowest BCUT2D eigenvalue weighted by Crippen LogP contribution is -2.44. The zero-order valence-corrected chi connectivity index (χ0v) is 14.2. The lowest BCUT2D eigenvalue weighted by molar-refractivity contribution is 0.147. The molecule has 8 nitrogen and oxygen atoms in total. The first kappa shape index (κ1) is 15.6. The minimum Gasteiger partial charge on any atom is -0.464 e. The first-order valence-electron chi connectivity index (χ1n) is 8.68. The van der Waals surface area contributed by atoms with Crippen LogP contribution in [0, 0.1) is 0 Å². The van der Waals surface area contributed by atoms with Gasteiger partial charge in [-0.25, -0.2) is 9.78 Å². The van der Waals surface area contributed by atoms with Crippen LogP contribution < -0.4 is 10.4 Å². The first-order valence-corrected chi connectivity index (χ1v) is 8.68. The van der Waals surface area contributed by atoms with Crippen LogP contribution in [0.3, 0.4) is 0 Å². The second-order valence-electron chi connectivity index (χ2n) is 6.73. The summed E-state index contributed by atoms with van der Waals surface area (Å²) in [5, 5.41) is 0. The Kier molecular flexibility index (Phi) is 4.01. The molecule has 2 aliphatic rings. The van der Waals surface area contributed by atoms with Gasteiger partial charge >= 0.3 is 11.7 Å². The monoisotopic (exact) mass is 332 g/mol. The zero-order chi connectivity index (χ0) is 16.7. The van der Waals surface area contributed by atoms with E-state index in [4.69, 9.17) is 4.74 Å². The molecular weight excluding hydrogens is 308 g/mol. The van der Waals surface area contributed by atoms with Crippen molar-refractivity contribution in [1.29, 1.82) is 0 Å². The predicted octanol–water partition coefficient (Wildman–Crippen LogP) is 0.297. The van der Waals surface area contributed by atoms with E-state index in [2.05, 4.69) is 31.8 Å². The molecule has 2 unspecified atom stereocenters. The van der Waals surface area contributed by atoms with Crippen LogP contribution in [0.1, 0.15) is 19.8 Å². The average molecular weight is 332 g/mol. The minimum absolute atomic E-state index is 0.129. The molecule has 0 radical (unpaired) electrons. The van der Waals surface area contributed by atoms with E-state index in [0.717, 1.165) is 31.1 Å².